The van der Waals surface area contributed by atoms with E-state index in [2.05, 4.69) is 15.3 Å². The molecule has 1 unspecified atom stereocenters. The van der Waals surface area contributed by atoms with E-state index in [9.17, 15) is 8.78 Å². The highest BCUT2D eigenvalue weighted by molar-refractivity contribution is 5.46. The Labute approximate surface area is 120 Å². The quantitative estimate of drug-likeness (QED) is 0.849. The molecule has 3 heterocycles. The molecule has 1 aliphatic rings. The van der Waals surface area contributed by atoms with Gasteiger partial charge in [0, 0.05) is 13.1 Å². The van der Waals surface area contributed by atoms with Crippen molar-refractivity contribution >= 4 is 11.5 Å². The normalized spacial score (nSPS) is 22.2. The average molecular weight is 297 g/mol. The SMILES string of the molecule is CC1CN(c2ccc3nnc(C(F)F)n3n2)CC(C)(C)O1. The second-order valence-electron chi connectivity index (χ2n) is 5.89. The number of hydrogen-bond acceptors (Lipinski definition) is 5. The van der Waals surface area contributed by atoms with Crippen LogP contribution in [0.1, 0.15) is 33.0 Å². The fourth-order valence-corrected chi connectivity index (χ4v) is 2.73. The molecule has 1 atom stereocenters. The highest BCUT2D eigenvalue weighted by Gasteiger charge is 2.32. The molecule has 1 aliphatic heterocycles. The number of hydrogen-bond donors (Lipinski definition) is 0. The number of rotatable bonds is 2. The number of alkyl halides is 2. The van der Waals surface area contributed by atoms with Crippen LogP contribution in [0.2, 0.25) is 0 Å². The van der Waals surface area contributed by atoms with Crippen molar-refractivity contribution in [1.82, 2.24) is 19.8 Å². The van der Waals surface area contributed by atoms with E-state index < -0.39 is 12.2 Å². The number of halogens is 2. The van der Waals surface area contributed by atoms with E-state index in [1.54, 1.807) is 12.1 Å². The van der Waals surface area contributed by atoms with Crippen LogP contribution in [0.3, 0.4) is 0 Å². The van der Waals surface area contributed by atoms with Crippen LogP contribution >= 0.6 is 0 Å². The van der Waals surface area contributed by atoms with Crippen molar-refractivity contribution in [2.24, 2.45) is 0 Å². The molecular formula is C13H17F2N5O. The van der Waals surface area contributed by atoms with Crippen molar-refractivity contribution in [2.75, 3.05) is 18.0 Å². The van der Waals surface area contributed by atoms with Crippen molar-refractivity contribution < 1.29 is 13.5 Å². The molecule has 1 fully saturated rings. The molecule has 0 N–H and O–H groups in total. The summed E-state index contributed by atoms with van der Waals surface area (Å²) in [7, 11) is 0. The van der Waals surface area contributed by atoms with Crippen LogP contribution in [-0.2, 0) is 4.74 Å². The second-order valence-corrected chi connectivity index (χ2v) is 5.89. The van der Waals surface area contributed by atoms with Crippen LogP contribution in [0.15, 0.2) is 12.1 Å². The first-order chi connectivity index (χ1) is 9.85. The number of anilines is 1. The van der Waals surface area contributed by atoms with Gasteiger partial charge in [0.25, 0.3) is 6.43 Å². The molecule has 2 aromatic rings. The zero-order chi connectivity index (χ0) is 15.2. The van der Waals surface area contributed by atoms with E-state index in [1.165, 1.54) is 0 Å². The summed E-state index contributed by atoms with van der Waals surface area (Å²) in [5, 5.41) is 11.4. The van der Waals surface area contributed by atoms with E-state index in [0.29, 0.717) is 24.6 Å². The minimum Gasteiger partial charge on any atom is -0.369 e. The van der Waals surface area contributed by atoms with Gasteiger partial charge in [0.15, 0.2) is 5.65 Å². The van der Waals surface area contributed by atoms with E-state index in [-0.39, 0.29) is 11.7 Å². The third-order valence-electron chi connectivity index (χ3n) is 3.36. The van der Waals surface area contributed by atoms with Gasteiger partial charge in [-0.25, -0.2) is 8.78 Å². The van der Waals surface area contributed by atoms with Crippen molar-refractivity contribution in [2.45, 2.75) is 38.9 Å². The predicted molar refractivity (Wildman–Crippen MR) is 72.6 cm³/mol. The Bertz CT molecular complexity index is 657. The maximum absolute atomic E-state index is 12.9. The first-order valence-corrected chi connectivity index (χ1v) is 6.79. The van der Waals surface area contributed by atoms with E-state index >= 15 is 0 Å². The van der Waals surface area contributed by atoms with Gasteiger partial charge in [-0.2, -0.15) is 4.52 Å². The number of aromatic nitrogens is 4. The first kappa shape index (κ1) is 14.1. The lowest BCUT2D eigenvalue weighted by atomic mass is 10.1. The van der Waals surface area contributed by atoms with Crippen molar-refractivity contribution in [1.29, 1.82) is 0 Å². The monoisotopic (exact) mass is 297 g/mol. The molecule has 114 valence electrons. The van der Waals surface area contributed by atoms with Crippen LogP contribution in [0, 0.1) is 0 Å². The Balaban J connectivity index is 1.98. The molecule has 8 heteroatoms. The highest BCUT2D eigenvalue weighted by Crippen LogP contribution is 2.25. The number of morpholine rings is 1. The molecule has 21 heavy (non-hydrogen) atoms. The van der Waals surface area contributed by atoms with E-state index in [4.69, 9.17) is 4.74 Å². The van der Waals surface area contributed by atoms with Gasteiger partial charge in [-0.15, -0.1) is 15.3 Å². The third-order valence-corrected chi connectivity index (χ3v) is 3.36. The Morgan fingerprint density at radius 2 is 2.10 bits per heavy atom. The molecule has 0 spiro atoms. The largest absolute Gasteiger partial charge is 0.369 e. The number of fused-ring (bicyclic) bond motifs is 1. The van der Waals surface area contributed by atoms with E-state index in [0.717, 1.165) is 4.52 Å². The molecular weight excluding hydrogens is 280 g/mol. The Kier molecular flexibility index (Phi) is 3.27. The zero-order valence-corrected chi connectivity index (χ0v) is 12.1. The molecule has 0 aliphatic carbocycles. The molecule has 6 nitrogen and oxygen atoms in total. The van der Waals surface area contributed by atoms with Crippen LogP contribution in [-0.4, -0.2) is 44.6 Å². The molecule has 0 amide bonds. The molecule has 0 saturated carbocycles. The number of nitrogens with zero attached hydrogens (tertiary/aromatic N) is 5. The minimum absolute atomic E-state index is 0.0433. The molecule has 0 bridgehead atoms. The van der Waals surface area contributed by atoms with Gasteiger partial charge in [0.2, 0.25) is 5.82 Å². The molecule has 0 aromatic carbocycles. The third kappa shape index (κ3) is 2.67. The van der Waals surface area contributed by atoms with Gasteiger partial charge in [0.1, 0.15) is 5.82 Å². The van der Waals surface area contributed by atoms with Gasteiger partial charge in [-0.05, 0) is 32.9 Å². The maximum atomic E-state index is 12.9. The van der Waals surface area contributed by atoms with Crippen LogP contribution < -0.4 is 4.90 Å². The van der Waals surface area contributed by atoms with Crippen molar-refractivity contribution in [3.05, 3.63) is 18.0 Å². The van der Waals surface area contributed by atoms with Crippen LogP contribution in [0.4, 0.5) is 14.6 Å². The summed E-state index contributed by atoms with van der Waals surface area (Å²) in [4.78, 5) is 2.03. The highest BCUT2D eigenvalue weighted by atomic mass is 19.3. The molecule has 3 rings (SSSR count). The topological polar surface area (TPSA) is 55.6 Å². The lowest BCUT2D eigenvalue weighted by Crippen LogP contribution is -2.52. The molecule has 1 saturated heterocycles. The summed E-state index contributed by atoms with van der Waals surface area (Å²) < 4.78 is 32.7. The molecule has 0 radical (unpaired) electrons. The standard InChI is InChI=1S/C13H17F2N5O/c1-8-6-19(7-13(2,3)21-8)10-5-4-9-16-17-12(11(14)15)20(9)18-10/h4-5,8,11H,6-7H2,1-3H3. The Morgan fingerprint density at radius 1 is 1.33 bits per heavy atom. The summed E-state index contributed by atoms with van der Waals surface area (Å²) in [6.07, 6.45) is -2.66. The zero-order valence-electron chi connectivity index (χ0n) is 12.1. The van der Waals surface area contributed by atoms with Gasteiger partial charge < -0.3 is 9.64 Å². The van der Waals surface area contributed by atoms with Gasteiger partial charge in [-0.3, -0.25) is 0 Å². The fraction of sp³-hybridized carbons (Fsp3) is 0.615. The Hall–Kier alpha value is -1.83. The first-order valence-electron chi connectivity index (χ1n) is 6.79. The maximum Gasteiger partial charge on any atom is 0.299 e. The Morgan fingerprint density at radius 3 is 2.76 bits per heavy atom. The summed E-state index contributed by atoms with van der Waals surface area (Å²) in [6, 6.07) is 3.42. The summed E-state index contributed by atoms with van der Waals surface area (Å²) >= 11 is 0. The van der Waals surface area contributed by atoms with Gasteiger partial charge in [0.05, 0.1) is 11.7 Å². The van der Waals surface area contributed by atoms with E-state index in [1.807, 2.05) is 25.7 Å². The second kappa shape index (κ2) is 4.87. The summed E-state index contributed by atoms with van der Waals surface area (Å²) in [5.41, 5.74) is 0.00200. The molecule has 2 aromatic heterocycles. The predicted octanol–water partition coefficient (Wildman–Crippen LogP) is 2.07. The van der Waals surface area contributed by atoms with Gasteiger partial charge >= 0.3 is 0 Å². The average Bonchev–Trinajstić information content (AvgIpc) is 2.78. The smallest absolute Gasteiger partial charge is 0.299 e. The lowest BCUT2D eigenvalue weighted by Gasteiger charge is -2.42. The van der Waals surface area contributed by atoms with Crippen LogP contribution in [0.25, 0.3) is 5.65 Å². The van der Waals surface area contributed by atoms with Gasteiger partial charge in [-0.1, -0.05) is 0 Å². The number of ether oxygens (including phenoxy) is 1. The van der Waals surface area contributed by atoms with Crippen LogP contribution in [0.5, 0.6) is 0 Å². The fourth-order valence-electron chi connectivity index (χ4n) is 2.73. The minimum atomic E-state index is -2.71. The lowest BCUT2D eigenvalue weighted by molar-refractivity contribution is -0.0752. The summed E-state index contributed by atoms with van der Waals surface area (Å²) in [5.74, 6) is 0.180. The van der Waals surface area contributed by atoms with Crippen molar-refractivity contribution in [3.8, 4) is 0 Å². The van der Waals surface area contributed by atoms with Crippen molar-refractivity contribution in [3.63, 3.8) is 0 Å². The summed E-state index contributed by atoms with van der Waals surface area (Å²) in [6.45, 7) is 7.28.